The van der Waals surface area contributed by atoms with Crippen LogP contribution in [-0.2, 0) is 10.8 Å². The highest BCUT2D eigenvalue weighted by Gasteiger charge is 2.38. The number of carbonyl (C=O) groups is 2. The molecular weight excluding hydrogens is 340 g/mol. The first-order chi connectivity index (χ1) is 12.5. The van der Waals surface area contributed by atoms with E-state index in [1.165, 1.54) is 35.4 Å². The molecule has 0 aromatic heterocycles. The van der Waals surface area contributed by atoms with Gasteiger partial charge < -0.3 is 9.84 Å². The summed E-state index contributed by atoms with van der Waals surface area (Å²) in [5.41, 5.74) is 4.22. The van der Waals surface area contributed by atoms with Gasteiger partial charge in [-0.2, -0.15) is 0 Å². The van der Waals surface area contributed by atoms with Gasteiger partial charge in [-0.05, 0) is 77.6 Å². The molecule has 0 atom stereocenters. The number of carboxylic acids is 1. The third-order valence-electron chi connectivity index (χ3n) is 5.73. The molecular formula is C23H26O4. The lowest BCUT2D eigenvalue weighted by Gasteiger charge is -2.42. The Morgan fingerprint density at radius 3 is 1.96 bits per heavy atom. The number of aryl methyl sites for hydroxylation is 1. The summed E-state index contributed by atoms with van der Waals surface area (Å²) in [6, 6.07) is 9.97. The van der Waals surface area contributed by atoms with Gasteiger partial charge in [0, 0.05) is 0 Å². The second kappa shape index (κ2) is 6.52. The second-order valence-corrected chi connectivity index (χ2v) is 8.70. The van der Waals surface area contributed by atoms with Crippen molar-refractivity contribution in [2.24, 2.45) is 0 Å². The number of hydrogen-bond acceptors (Lipinski definition) is 3. The molecule has 0 amide bonds. The Kier molecular flexibility index (Phi) is 4.62. The summed E-state index contributed by atoms with van der Waals surface area (Å²) in [6.45, 7) is 10.9. The van der Waals surface area contributed by atoms with E-state index in [0.29, 0.717) is 11.3 Å². The van der Waals surface area contributed by atoms with Crippen molar-refractivity contribution in [3.8, 4) is 5.75 Å². The maximum absolute atomic E-state index is 12.8. The minimum Gasteiger partial charge on any atom is -0.478 e. The zero-order chi connectivity index (χ0) is 20.0. The fraction of sp³-hybridized carbons (Fsp3) is 0.391. The Bertz CT molecular complexity index is 905. The minimum atomic E-state index is -1.01. The van der Waals surface area contributed by atoms with Crippen LogP contribution in [0.15, 0.2) is 36.4 Å². The maximum Gasteiger partial charge on any atom is 0.343 e. The Labute approximate surface area is 160 Å². The molecule has 0 fully saturated rings. The van der Waals surface area contributed by atoms with Gasteiger partial charge in [0.05, 0.1) is 11.1 Å². The van der Waals surface area contributed by atoms with Crippen molar-refractivity contribution < 1.29 is 19.4 Å². The van der Waals surface area contributed by atoms with Crippen LogP contribution >= 0.6 is 0 Å². The van der Waals surface area contributed by atoms with E-state index in [4.69, 9.17) is 9.84 Å². The van der Waals surface area contributed by atoms with Crippen molar-refractivity contribution in [3.05, 3.63) is 64.2 Å². The fourth-order valence-corrected chi connectivity index (χ4v) is 3.77. The normalized spacial score (nSPS) is 17.1. The standard InChI is InChI=1S/C23H26O4/c1-14-12-18-19(23(4,5)11-10-22(18,2)3)13-17(14)21(26)27-16-8-6-15(7-9-16)20(24)25/h6-9,12-13H,10-11H2,1-5H3,(H,24,25). The van der Waals surface area contributed by atoms with Crippen molar-refractivity contribution in [3.63, 3.8) is 0 Å². The number of hydrogen-bond donors (Lipinski definition) is 1. The third-order valence-corrected chi connectivity index (χ3v) is 5.73. The van der Waals surface area contributed by atoms with Gasteiger partial charge in [-0.3, -0.25) is 0 Å². The quantitative estimate of drug-likeness (QED) is 0.594. The first-order valence-corrected chi connectivity index (χ1v) is 9.22. The lowest BCUT2D eigenvalue weighted by molar-refractivity contribution is 0.0696. The van der Waals surface area contributed by atoms with Gasteiger partial charge in [0.15, 0.2) is 0 Å². The van der Waals surface area contributed by atoms with Crippen LogP contribution < -0.4 is 4.74 Å². The monoisotopic (exact) mass is 366 g/mol. The zero-order valence-corrected chi connectivity index (χ0v) is 16.6. The van der Waals surface area contributed by atoms with Crippen LogP contribution in [0.25, 0.3) is 0 Å². The Morgan fingerprint density at radius 1 is 0.926 bits per heavy atom. The van der Waals surface area contributed by atoms with Crippen LogP contribution in [-0.4, -0.2) is 17.0 Å². The number of aromatic carboxylic acids is 1. The van der Waals surface area contributed by atoms with Crippen molar-refractivity contribution >= 4 is 11.9 Å². The summed E-state index contributed by atoms with van der Waals surface area (Å²) in [4.78, 5) is 23.7. The van der Waals surface area contributed by atoms with E-state index in [9.17, 15) is 9.59 Å². The minimum absolute atomic E-state index is 0.0106. The molecule has 3 rings (SSSR count). The van der Waals surface area contributed by atoms with Crippen LogP contribution in [0.3, 0.4) is 0 Å². The zero-order valence-electron chi connectivity index (χ0n) is 16.6. The third kappa shape index (κ3) is 3.61. The summed E-state index contributed by atoms with van der Waals surface area (Å²) < 4.78 is 5.50. The number of carboxylic acid groups (broad SMARTS) is 1. The van der Waals surface area contributed by atoms with Gasteiger partial charge in [0.2, 0.25) is 0 Å². The summed E-state index contributed by atoms with van der Waals surface area (Å²) >= 11 is 0. The van der Waals surface area contributed by atoms with Crippen LogP contribution in [0, 0.1) is 6.92 Å². The molecule has 0 bridgehead atoms. The molecule has 1 aliphatic carbocycles. The van der Waals surface area contributed by atoms with Crippen molar-refractivity contribution in [2.45, 2.75) is 58.3 Å². The van der Waals surface area contributed by atoms with E-state index < -0.39 is 11.9 Å². The van der Waals surface area contributed by atoms with Gasteiger partial charge in [-0.25, -0.2) is 9.59 Å². The highest BCUT2D eigenvalue weighted by Crippen LogP contribution is 2.46. The summed E-state index contributed by atoms with van der Waals surface area (Å²) in [5, 5.41) is 8.97. The highest BCUT2D eigenvalue weighted by molar-refractivity contribution is 5.93. The SMILES string of the molecule is Cc1cc2c(cc1C(=O)Oc1ccc(C(=O)O)cc1)C(C)(C)CCC2(C)C. The van der Waals surface area contributed by atoms with Crippen molar-refractivity contribution in [2.75, 3.05) is 0 Å². The molecule has 1 aliphatic rings. The van der Waals surface area contributed by atoms with Crippen LogP contribution in [0.5, 0.6) is 5.75 Å². The molecule has 27 heavy (non-hydrogen) atoms. The highest BCUT2D eigenvalue weighted by atomic mass is 16.5. The summed E-state index contributed by atoms with van der Waals surface area (Å²) in [6.07, 6.45) is 2.19. The Morgan fingerprint density at radius 2 is 1.44 bits per heavy atom. The van der Waals surface area contributed by atoms with Gasteiger partial charge >= 0.3 is 11.9 Å². The number of ether oxygens (including phenoxy) is 1. The molecule has 4 heteroatoms. The molecule has 0 radical (unpaired) electrons. The first-order valence-electron chi connectivity index (χ1n) is 9.22. The first kappa shape index (κ1) is 19.2. The smallest absolute Gasteiger partial charge is 0.343 e. The molecule has 4 nitrogen and oxygen atoms in total. The molecule has 142 valence electrons. The van der Waals surface area contributed by atoms with E-state index in [0.717, 1.165) is 18.4 Å². The van der Waals surface area contributed by atoms with E-state index >= 15 is 0 Å². The number of fused-ring (bicyclic) bond motifs is 1. The molecule has 2 aromatic rings. The lowest BCUT2D eigenvalue weighted by Crippen LogP contribution is -2.34. The predicted octanol–water partition coefficient (Wildman–Crippen LogP) is 5.26. The van der Waals surface area contributed by atoms with E-state index in [1.807, 2.05) is 13.0 Å². The van der Waals surface area contributed by atoms with Gasteiger partial charge in [-0.1, -0.05) is 33.8 Å². The summed E-state index contributed by atoms with van der Waals surface area (Å²) in [5.74, 6) is -1.09. The topological polar surface area (TPSA) is 63.6 Å². The van der Waals surface area contributed by atoms with E-state index in [1.54, 1.807) is 0 Å². The average Bonchev–Trinajstić information content (AvgIpc) is 2.59. The van der Waals surface area contributed by atoms with E-state index in [2.05, 4.69) is 33.8 Å². The molecule has 0 heterocycles. The number of esters is 1. The second-order valence-electron chi connectivity index (χ2n) is 8.70. The molecule has 0 saturated carbocycles. The lowest BCUT2D eigenvalue weighted by atomic mass is 9.62. The van der Waals surface area contributed by atoms with Crippen LogP contribution in [0.1, 0.15) is 77.9 Å². The van der Waals surface area contributed by atoms with Gasteiger partial charge in [0.25, 0.3) is 0 Å². The molecule has 0 spiro atoms. The Balaban J connectivity index is 1.95. The molecule has 0 aliphatic heterocycles. The fourth-order valence-electron chi connectivity index (χ4n) is 3.77. The maximum atomic E-state index is 12.8. The molecule has 2 aromatic carbocycles. The average molecular weight is 366 g/mol. The van der Waals surface area contributed by atoms with Crippen molar-refractivity contribution in [1.29, 1.82) is 0 Å². The number of carbonyl (C=O) groups excluding carboxylic acids is 1. The van der Waals surface area contributed by atoms with E-state index in [-0.39, 0.29) is 16.4 Å². The van der Waals surface area contributed by atoms with Crippen molar-refractivity contribution in [1.82, 2.24) is 0 Å². The largest absolute Gasteiger partial charge is 0.478 e. The molecule has 0 unspecified atom stereocenters. The van der Waals surface area contributed by atoms with Crippen LogP contribution in [0.4, 0.5) is 0 Å². The molecule has 0 saturated heterocycles. The molecule has 1 N–H and O–H groups in total. The summed E-state index contributed by atoms with van der Waals surface area (Å²) in [7, 11) is 0. The number of benzene rings is 2. The van der Waals surface area contributed by atoms with Gasteiger partial charge in [0.1, 0.15) is 5.75 Å². The predicted molar refractivity (Wildman–Crippen MR) is 105 cm³/mol. The van der Waals surface area contributed by atoms with Gasteiger partial charge in [-0.15, -0.1) is 0 Å². The van der Waals surface area contributed by atoms with Crippen LogP contribution in [0.2, 0.25) is 0 Å². The number of rotatable bonds is 3. The Hall–Kier alpha value is -2.62.